The van der Waals surface area contributed by atoms with E-state index >= 15 is 0 Å². The van der Waals surface area contributed by atoms with Gasteiger partial charge in [0.15, 0.2) is 6.61 Å². The second-order valence-electron chi connectivity index (χ2n) is 8.72. The van der Waals surface area contributed by atoms with E-state index in [1.165, 1.54) is 19.3 Å². The summed E-state index contributed by atoms with van der Waals surface area (Å²) >= 11 is 0. The maximum atomic E-state index is 12.7. The molecule has 2 aromatic rings. The fourth-order valence-corrected chi connectivity index (χ4v) is 4.68. The quantitative estimate of drug-likeness (QED) is 0.716. The predicted octanol–water partition coefficient (Wildman–Crippen LogP) is 3.15. The Bertz CT molecular complexity index is 897. The van der Waals surface area contributed by atoms with E-state index in [4.69, 9.17) is 4.74 Å². The summed E-state index contributed by atoms with van der Waals surface area (Å²) in [6, 6.07) is 14.3. The third-order valence-corrected chi connectivity index (χ3v) is 6.70. The highest BCUT2D eigenvalue weighted by Gasteiger charge is 2.26. The Labute approximate surface area is 184 Å². The van der Waals surface area contributed by atoms with Gasteiger partial charge in [-0.3, -0.25) is 14.5 Å². The van der Waals surface area contributed by atoms with Crippen LogP contribution >= 0.6 is 0 Å². The molecule has 0 radical (unpaired) electrons. The van der Waals surface area contributed by atoms with Crippen molar-refractivity contribution in [2.75, 3.05) is 46.4 Å². The number of piperazine rings is 1. The molecule has 1 saturated carbocycles. The predicted molar refractivity (Wildman–Crippen MR) is 122 cm³/mol. The van der Waals surface area contributed by atoms with Crippen LogP contribution in [0.15, 0.2) is 42.5 Å². The second kappa shape index (κ2) is 10.1. The first-order chi connectivity index (χ1) is 15.1. The maximum Gasteiger partial charge on any atom is 0.260 e. The van der Waals surface area contributed by atoms with E-state index in [-0.39, 0.29) is 18.4 Å². The lowest BCUT2D eigenvalue weighted by Crippen LogP contribution is -2.53. The minimum atomic E-state index is -0.00163. The van der Waals surface area contributed by atoms with Crippen LogP contribution in [0, 0.1) is 0 Å². The number of nitrogens with zero attached hydrogens (tertiary/aromatic N) is 3. The summed E-state index contributed by atoms with van der Waals surface area (Å²) < 4.78 is 5.86. The van der Waals surface area contributed by atoms with Gasteiger partial charge >= 0.3 is 0 Å². The number of benzene rings is 2. The van der Waals surface area contributed by atoms with Crippen LogP contribution < -0.4 is 4.74 Å². The molecule has 6 heteroatoms. The Kier molecular flexibility index (Phi) is 7.07. The molecule has 0 bridgehead atoms. The van der Waals surface area contributed by atoms with Gasteiger partial charge in [-0.05, 0) is 24.3 Å². The van der Waals surface area contributed by atoms with E-state index in [9.17, 15) is 9.59 Å². The molecule has 2 aromatic carbocycles. The molecular formula is C25H33N3O3. The number of ether oxygens (including phenoxy) is 1. The Morgan fingerprint density at radius 1 is 0.968 bits per heavy atom. The number of fused-ring (bicyclic) bond motifs is 1. The third-order valence-electron chi connectivity index (χ3n) is 6.70. The van der Waals surface area contributed by atoms with Crippen molar-refractivity contribution in [3.8, 4) is 5.75 Å². The van der Waals surface area contributed by atoms with E-state index in [0.29, 0.717) is 25.7 Å². The number of hydrogen-bond donors (Lipinski definition) is 0. The summed E-state index contributed by atoms with van der Waals surface area (Å²) in [6.07, 6.45) is 6.00. The molecule has 1 aliphatic heterocycles. The highest BCUT2D eigenvalue weighted by molar-refractivity contribution is 5.88. The largest absolute Gasteiger partial charge is 0.483 e. The van der Waals surface area contributed by atoms with Crippen LogP contribution in [0.3, 0.4) is 0 Å². The first-order valence-electron chi connectivity index (χ1n) is 11.5. The highest BCUT2D eigenvalue weighted by Crippen LogP contribution is 2.25. The van der Waals surface area contributed by atoms with Gasteiger partial charge in [0.25, 0.3) is 5.91 Å². The van der Waals surface area contributed by atoms with E-state index in [0.717, 1.165) is 42.5 Å². The minimum Gasteiger partial charge on any atom is -0.483 e. The Balaban J connectivity index is 1.23. The van der Waals surface area contributed by atoms with Gasteiger partial charge in [-0.15, -0.1) is 0 Å². The Hall–Kier alpha value is -2.60. The zero-order valence-corrected chi connectivity index (χ0v) is 18.5. The monoisotopic (exact) mass is 423 g/mol. The lowest BCUT2D eigenvalue weighted by molar-refractivity contribution is -0.137. The zero-order chi connectivity index (χ0) is 21.6. The molecule has 0 atom stereocenters. The molecule has 4 rings (SSSR count). The maximum absolute atomic E-state index is 12.7. The molecule has 0 aromatic heterocycles. The van der Waals surface area contributed by atoms with Crippen LogP contribution in [0.2, 0.25) is 0 Å². The molecule has 0 N–H and O–H groups in total. The lowest BCUT2D eigenvalue weighted by atomic mass is 9.94. The fourth-order valence-electron chi connectivity index (χ4n) is 4.68. The van der Waals surface area contributed by atoms with Gasteiger partial charge in [0.05, 0.1) is 6.54 Å². The number of rotatable bonds is 6. The summed E-state index contributed by atoms with van der Waals surface area (Å²) in [5.74, 6) is 0.936. The van der Waals surface area contributed by atoms with Crippen molar-refractivity contribution < 1.29 is 14.3 Å². The van der Waals surface area contributed by atoms with E-state index in [1.807, 2.05) is 59.3 Å². The molecule has 166 valence electrons. The fraction of sp³-hybridized carbons (Fsp3) is 0.520. The smallest absolute Gasteiger partial charge is 0.260 e. The molecule has 2 fully saturated rings. The molecule has 31 heavy (non-hydrogen) atoms. The number of carbonyl (C=O) groups excluding carboxylic acids is 2. The standard InChI is InChI=1S/C25H33N3O3/c1-26(21-10-3-2-4-11-21)24(29)18-27-14-16-28(17-15-27)25(30)19-31-23-13-7-9-20-8-5-6-12-22(20)23/h5-9,12-13,21H,2-4,10-11,14-19H2,1H3. The van der Waals surface area contributed by atoms with Gasteiger partial charge in [-0.1, -0.05) is 55.7 Å². The van der Waals surface area contributed by atoms with Crippen molar-refractivity contribution in [3.63, 3.8) is 0 Å². The van der Waals surface area contributed by atoms with Crippen molar-refractivity contribution in [2.45, 2.75) is 38.1 Å². The van der Waals surface area contributed by atoms with Crippen LogP contribution in [0.1, 0.15) is 32.1 Å². The van der Waals surface area contributed by atoms with Crippen LogP contribution in [0.4, 0.5) is 0 Å². The number of carbonyl (C=O) groups is 2. The summed E-state index contributed by atoms with van der Waals surface area (Å²) in [6.45, 7) is 3.21. The molecule has 2 amide bonds. The number of amides is 2. The molecule has 0 spiro atoms. The van der Waals surface area contributed by atoms with Gasteiger partial charge in [0.2, 0.25) is 5.91 Å². The van der Waals surface area contributed by atoms with Crippen molar-refractivity contribution >= 4 is 22.6 Å². The van der Waals surface area contributed by atoms with Crippen LogP contribution in [0.25, 0.3) is 10.8 Å². The molecule has 1 heterocycles. The van der Waals surface area contributed by atoms with Crippen molar-refractivity contribution in [2.24, 2.45) is 0 Å². The summed E-state index contributed by atoms with van der Waals surface area (Å²) in [5, 5.41) is 2.12. The van der Waals surface area contributed by atoms with E-state index in [2.05, 4.69) is 4.90 Å². The van der Waals surface area contributed by atoms with Crippen LogP contribution in [-0.2, 0) is 9.59 Å². The van der Waals surface area contributed by atoms with Gasteiger partial charge < -0.3 is 14.5 Å². The van der Waals surface area contributed by atoms with Gasteiger partial charge in [0.1, 0.15) is 5.75 Å². The first-order valence-corrected chi connectivity index (χ1v) is 11.5. The molecular weight excluding hydrogens is 390 g/mol. The van der Waals surface area contributed by atoms with Crippen molar-refractivity contribution in [3.05, 3.63) is 42.5 Å². The minimum absolute atomic E-state index is 0.00163. The van der Waals surface area contributed by atoms with Crippen molar-refractivity contribution in [1.29, 1.82) is 0 Å². The summed E-state index contributed by atoms with van der Waals surface area (Å²) in [7, 11) is 1.95. The van der Waals surface area contributed by atoms with Crippen LogP contribution in [-0.4, -0.2) is 78.9 Å². The molecule has 1 saturated heterocycles. The second-order valence-corrected chi connectivity index (χ2v) is 8.72. The SMILES string of the molecule is CN(C(=O)CN1CCN(C(=O)COc2cccc3ccccc23)CC1)C1CCCCC1. The Morgan fingerprint density at radius 3 is 2.45 bits per heavy atom. The number of hydrogen-bond acceptors (Lipinski definition) is 4. The lowest BCUT2D eigenvalue weighted by Gasteiger charge is -2.36. The Morgan fingerprint density at radius 2 is 1.68 bits per heavy atom. The zero-order valence-electron chi connectivity index (χ0n) is 18.5. The first kappa shape index (κ1) is 21.6. The average molecular weight is 424 g/mol. The normalized spacial score (nSPS) is 18.2. The molecule has 2 aliphatic rings. The van der Waals surface area contributed by atoms with Gasteiger partial charge in [-0.25, -0.2) is 0 Å². The van der Waals surface area contributed by atoms with E-state index < -0.39 is 0 Å². The van der Waals surface area contributed by atoms with Gasteiger partial charge in [-0.2, -0.15) is 0 Å². The molecule has 0 unspecified atom stereocenters. The van der Waals surface area contributed by atoms with Crippen molar-refractivity contribution in [1.82, 2.24) is 14.7 Å². The summed E-state index contributed by atoms with van der Waals surface area (Å²) in [5.41, 5.74) is 0. The summed E-state index contributed by atoms with van der Waals surface area (Å²) in [4.78, 5) is 31.3. The highest BCUT2D eigenvalue weighted by atomic mass is 16.5. The topological polar surface area (TPSA) is 53.1 Å². The molecule has 6 nitrogen and oxygen atoms in total. The van der Waals surface area contributed by atoms with Crippen LogP contribution in [0.5, 0.6) is 5.75 Å². The third kappa shape index (κ3) is 5.37. The van der Waals surface area contributed by atoms with Gasteiger partial charge in [0, 0.05) is 44.7 Å². The average Bonchev–Trinajstić information content (AvgIpc) is 2.83. The molecule has 1 aliphatic carbocycles. The number of likely N-dealkylation sites (N-methyl/N-ethyl adjacent to an activating group) is 1. The van der Waals surface area contributed by atoms with E-state index in [1.54, 1.807) is 0 Å².